The van der Waals surface area contributed by atoms with E-state index < -0.39 is 0 Å². The Morgan fingerprint density at radius 1 is 1.00 bits per heavy atom. The average Bonchev–Trinajstić information content (AvgIpc) is 3.17. The highest BCUT2D eigenvalue weighted by Gasteiger charge is 2.19. The fraction of sp³-hybridized carbons (Fsp3) is 0.200. The molecule has 1 aromatic heterocycles. The monoisotopic (exact) mass is 415 g/mol. The summed E-state index contributed by atoms with van der Waals surface area (Å²) < 4.78 is 13.2. The third-order valence-electron chi connectivity index (χ3n) is 5.08. The normalized spacial score (nSPS) is 11.8. The lowest BCUT2D eigenvalue weighted by Crippen LogP contribution is -2.32. The molecule has 0 saturated carbocycles. The van der Waals surface area contributed by atoms with Gasteiger partial charge in [-0.05, 0) is 37.3 Å². The average molecular weight is 415 g/mol. The van der Waals surface area contributed by atoms with E-state index in [2.05, 4.69) is 9.88 Å². The van der Waals surface area contributed by atoms with Gasteiger partial charge in [0.1, 0.15) is 17.3 Å². The molecule has 1 unspecified atom stereocenters. The van der Waals surface area contributed by atoms with Gasteiger partial charge in [0.25, 0.3) is 5.91 Å². The molecule has 1 N–H and O–H groups in total. The fourth-order valence-electron chi connectivity index (χ4n) is 3.61. The van der Waals surface area contributed by atoms with Crippen molar-refractivity contribution < 1.29 is 14.3 Å². The van der Waals surface area contributed by atoms with Crippen molar-refractivity contribution in [1.82, 2.24) is 14.9 Å². The molecule has 158 valence electrons. The van der Waals surface area contributed by atoms with Gasteiger partial charge in [-0.2, -0.15) is 0 Å². The van der Waals surface area contributed by atoms with Gasteiger partial charge in [0.05, 0.1) is 30.7 Å². The molecule has 4 rings (SSSR count). The first-order valence-corrected chi connectivity index (χ1v) is 10.2. The van der Waals surface area contributed by atoms with Crippen molar-refractivity contribution in [1.29, 1.82) is 0 Å². The number of fused-ring (bicyclic) bond motifs is 1. The lowest BCUT2D eigenvalue weighted by molar-refractivity contribution is -0.123. The van der Waals surface area contributed by atoms with E-state index in [1.54, 1.807) is 7.11 Å². The first-order valence-electron chi connectivity index (χ1n) is 10.2. The predicted octanol–water partition coefficient (Wildman–Crippen LogP) is 4.35. The molecule has 6 nitrogen and oxygen atoms in total. The Balaban J connectivity index is 1.56. The van der Waals surface area contributed by atoms with Gasteiger partial charge in [0.15, 0.2) is 6.61 Å². The zero-order valence-corrected chi connectivity index (χ0v) is 17.6. The highest BCUT2D eigenvalue weighted by Crippen LogP contribution is 2.25. The summed E-state index contributed by atoms with van der Waals surface area (Å²) in [5.41, 5.74) is 2.93. The van der Waals surface area contributed by atoms with E-state index in [1.807, 2.05) is 85.8 Å². The number of benzene rings is 3. The Bertz CT molecular complexity index is 1170. The topological polar surface area (TPSA) is 65.4 Å². The first-order chi connectivity index (χ1) is 15.2. The highest BCUT2D eigenvalue weighted by atomic mass is 16.5. The number of ether oxygens (including phenoxy) is 2. The van der Waals surface area contributed by atoms with Crippen LogP contribution in [0.1, 0.15) is 24.4 Å². The minimum Gasteiger partial charge on any atom is -0.496 e. The number of hydrogen-bond acceptors (Lipinski definition) is 4. The summed E-state index contributed by atoms with van der Waals surface area (Å²) in [6.07, 6.45) is 0. The van der Waals surface area contributed by atoms with Crippen LogP contribution in [0.15, 0.2) is 78.9 Å². The van der Waals surface area contributed by atoms with Crippen molar-refractivity contribution in [3.8, 4) is 11.5 Å². The number of carbonyl (C=O) groups is 1. The largest absolute Gasteiger partial charge is 0.496 e. The lowest BCUT2D eigenvalue weighted by Gasteiger charge is -2.17. The van der Waals surface area contributed by atoms with E-state index in [0.717, 1.165) is 28.2 Å². The van der Waals surface area contributed by atoms with Crippen molar-refractivity contribution in [3.63, 3.8) is 0 Å². The summed E-state index contributed by atoms with van der Waals surface area (Å²) in [5, 5.41) is 3.00. The minimum atomic E-state index is -0.297. The number of nitrogens with one attached hydrogen (secondary N) is 1. The second kappa shape index (κ2) is 9.34. The molecule has 1 amide bonds. The number of hydrogen-bond donors (Lipinski definition) is 1. The molecule has 0 radical (unpaired) electrons. The van der Waals surface area contributed by atoms with Crippen LogP contribution >= 0.6 is 0 Å². The number of aromatic nitrogens is 2. The van der Waals surface area contributed by atoms with E-state index >= 15 is 0 Å². The Hall–Kier alpha value is -3.80. The molecule has 6 heteroatoms. The molecule has 4 aromatic rings. The van der Waals surface area contributed by atoms with Gasteiger partial charge in [0, 0.05) is 5.56 Å². The van der Waals surface area contributed by atoms with Crippen molar-refractivity contribution >= 4 is 16.9 Å². The van der Waals surface area contributed by atoms with Crippen LogP contribution in [0.25, 0.3) is 11.0 Å². The zero-order valence-electron chi connectivity index (χ0n) is 17.6. The Kier molecular flexibility index (Phi) is 6.17. The van der Waals surface area contributed by atoms with Crippen LogP contribution in [0, 0.1) is 0 Å². The van der Waals surface area contributed by atoms with E-state index in [4.69, 9.17) is 14.5 Å². The maximum atomic E-state index is 12.5. The van der Waals surface area contributed by atoms with Crippen LogP contribution in [0.4, 0.5) is 0 Å². The number of amides is 1. The van der Waals surface area contributed by atoms with Crippen LogP contribution in [0.2, 0.25) is 0 Å². The van der Waals surface area contributed by atoms with E-state index in [9.17, 15) is 4.79 Å². The molecule has 0 fully saturated rings. The molecule has 31 heavy (non-hydrogen) atoms. The van der Waals surface area contributed by atoms with Gasteiger partial charge in [-0.1, -0.05) is 48.5 Å². The second-order valence-electron chi connectivity index (χ2n) is 7.25. The molecule has 0 bridgehead atoms. The fourth-order valence-corrected chi connectivity index (χ4v) is 3.61. The molecule has 0 saturated heterocycles. The van der Waals surface area contributed by atoms with Crippen LogP contribution in [-0.4, -0.2) is 29.2 Å². The van der Waals surface area contributed by atoms with E-state index in [-0.39, 0.29) is 18.6 Å². The maximum Gasteiger partial charge on any atom is 0.258 e. The van der Waals surface area contributed by atoms with Crippen molar-refractivity contribution in [2.45, 2.75) is 19.5 Å². The third-order valence-corrected chi connectivity index (χ3v) is 5.08. The van der Waals surface area contributed by atoms with Gasteiger partial charge in [0.2, 0.25) is 0 Å². The number of para-hydroxylation sites is 4. The standard InChI is InChI=1S/C25H25N3O3/c1-18(26-24(29)17-31-20-11-4-3-5-12-20)25-27-21-13-7-8-14-22(21)28(25)16-19-10-6-9-15-23(19)30-2/h3-15,18H,16-17H2,1-2H3,(H,26,29). The van der Waals surface area contributed by atoms with Crippen molar-refractivity contribution in [2.75, 3.05) is 13.7 Å². The van der Waals surface area contributed by atoms with Crippen LogP contribution < -0.4 is 14.8 Å². The quantitative estimate of drug-likeness (QED) is 0.465. The number of imidazole rings is 1. The summed E-state index contributed by atoms with van der Waals surface area (Å²) >= 11 is 0. The molecule has 0 spiro atoms. The molecular weight excluding hydrogens is 390 g/mol. The minimum absolute atomic E-state index is 0.0545. The van der Waals surface area contributed by atoms with Gasteiger partial charge >= 0.3 is 0 Å². The first kappa shape index (κ1) is 20.5. The van der Waals surface area contributed by atoms with Crippen molar-refractivity contribution in [2.24, 2.45) is 0 Å². The number of rotatable bonds is 8. The third kappa shape index (κ3) is 4.69. The lowest BCUT2D eigenvalue weighted by atomic mass is 10.2. The van der Waals surface area contributed by atoms with Gasteiger partial charge in [-0.3, -0.25) is 4.79 Å². The molecule has 0 aliphatic carbocycles. The Labute approximate surface area is 181 Å². The number of nitrogens with zero attached hydrogens (tertiary/aromatic N) is 2. The summed E-state index contributed by atoms with van der Waals surface area (Å²) in [5.74, 6) is 2.06. The molecule has 0 aliphatic heterocycles. The summed E-state index contributed by atoms with van der Waals surface area (Å²) in [6, 6.07) is 24.9. The Morgan fingerprint density at radius 2 is 1.71 bits per heavy atom. The molecule has 1 atom stereocenters. The van der Waals surface area contributed by atoms with Gasteiger partial charge < -0.3 is 19.4 Å². The molecule has 0 aliphatic rings. The summed E-state index contributed by atoms with van der Waals surface area (Å²) in [4.78, 5) is 17.3. The highest BCUT2D eigenvalue weighted by molar-refractivity contribution is 5.79. The van der Waals surface area contributed by atoms with Crippen LogP contribution in [0.5, 0.6) is 11.5 Å². The Morgan fingerprint density at radius 3 is 2.52 bits per heavy atom. The molecule has 1 heterocycles. The van der Waals surface area contributed by atoms with Crippen LogP contribution in [0.3, 0.4) is 0 Å². The molecular formula is C25H25N3O3. The van der Waals surface area contributed by atoms with Gasteiger partial charge in [-0.15, -0.1) is 0 Å². The van der Waals surface area contributed by atoms with Crippen molar-refractivity contribution in [3.05, 3.63) is 90.3 Å². The summed E-state index contributed by atoms with van der Waals surface area (Å²) in [6.45, 7) is 2.46. The predicted molar refractivity (Wildman–Crippen MR) is 120 cm³/mol. The number of methoxy groups -OCH3 is 1. The van der Waals surface area contributed by atoms with Crippen LogP contribution in [-0.2, 0) is 11.3 Å². The number of carbonyl (C=O) groups excluding carboxylic acids is 1. The summed E-state index contributed by atoms with van der Waals surface area (Å²) in [7, 11) is 1.67. The maximum absolute atomic E-state index is 12.5. The smallest absolute Gasteiger partial charge is 0.258 e. The second-order valence-corrected chi connectivity index (χ2v) is 7.25. The SMILES string of the molecule is COc1ccccc1Cn1c(C(C)NC(=O)COc2ccccc2)nc2ccccc21. The van der Waals surface area contributed by atoms with Gasteiger partial charge in [-0.25, -0.2) is 4.98 Å². The van der Waals surface area contributed by atoms with E-state index in [1.165, 1.54) is 0 Å². The van der Waals surface area contributed by atoms with E-state index in [0.29, 0.717) is 12.3 Å². The molecule has 3 aromatic carbocycles. The zero-order chi connectivity index (χ0) is 21.6.